The van der Waals surface area contributed by atoms with Crippen LogP contribution in [0.4, 0.5) is 0 Å². The van der Waals surface area contributed by atoms with Crippen LogP contribution in [0.5, 0.6) is 5.75 Å². The Balaban J connectivity index is 1.80. The number of methoxy groups -OCH3 is 1. The molecule has 1 amide bonds. The molecule has 0 fully saturated rings. The number of amides is 1. The second-order valence-corrected chi connectivity index (χ2v) is 9.00. The Kier molecular flexibility index (Phi) is 7.68. The van der Waals surface area contributed by atoms with Crippen molar-refractivity contribution >= 4 is 27.5 Å². The molecule has 3 aromatic rings. The van der Waals surface area contributed by atoms with E-state index in [1.54, 1.807) is 13.2 Å². The van der Waals surface area contributed by atoms with Crippen LogP contribution in [0.25, 0.3) is 0 Å². The molecular weight excluding hydrogens is 436 g/mol. The Morgan fingerprint density at radius 2 is 1.61 bits per heavy atom. The molecule has 0 heterocycles. The molecule has 162 valence electrons. The minimum Gasteiger partial charge on any atom is -0.496 e. The first-order valence-corrected chi connectivity index (χ1v) is 11.5. The molecule has 0 spiro atoms. The van der Waals surface area contributed by atoms with Crippen molar-refractivity contribution < 1.29 is 17.9 Å². The fraction of sp³-hybridized carbons (Fsp3) is 0.174. The highest BCUT2D eigenvalue weighted by atomic mass is 35.5. The second kappa shape index (κ2) is 10.4. The molecular formula is C23H23ClN2O4S. The van der Waals surface area contributed by atoms with Gasteiger partial charge in [-0.3, -0.25) is 4.79 Å². The van der Waals surface area contributed by atoms with Crippen LogP contribution >= 0.6 is 11.6 Å². The lowest BCUT2D eigenvalue weighted by Crippen LogP contribution is -2.47. The van der Waals surface area contributed by atoms with Crippen molar-refractivity contribution in [3.05, 3.63) is 95.0 Å². The number of hydrogen-bond donors (Lipinski definition) is 2. The van der Waals surface area contributed by atoms with Crippen molar-refractivity contribution in [1.82, 2.24) is 10.0 Å². The number of ether oxygens (including phenoxy) is 1. The van der Waals surface area contributed by atoms with Crippen molar-refractivity contribution in [2.24, 2.45) is 0 Å². The Bertz CT molecular complexity index is 1120. The molecule has 0 saturated heterocycles. The molecule has 2 N–H and O–H groups in total. The first kappa shape index (κ1) is 22.8. The van der Waals surface area contributed by atoms with Crippen LogP contribution in [0.2, 0.25) is 5.02 Å². The Hall–Kier alpha value is -2.87. The summed E-state index contributed by atoms with van der Waals surface area (Å²) >= 11 is 5.86. The van der Waals surface area contributed by atoms with Crippen molar-refractivity contribution in [2.45, 2.75) is 23.9 Å². The van der Waals surface area contributed by atoms with Crippen LogP contribution in [0.15, 0.2) is 83.8 Å². The van der Waals surface area contributed by atoms with Gasteiger partial charge in [-0.2, -0.15) is 4.72 Å². The molecule has 0 bridgehead atoms. The van der Waals surface area contributed by atoms with Gasteiger partial charge in [-0.1, -0.05) is 60.1 Å². The fourth-order valence-electron chi connectivity index (χ4n) is 3.06. The summed E-state index contributed by atoms with van der Waals surface area (Å²) in [4.78, 5) is 13.0. The van der Waals surface area contributed by atoms with E-state index < -0.39 is 22.0 Å². The maximum atomic E-state index is 13.0. The van der Waals surface area contributed by atoms with Gasteiger partial charge in [0.05, 0.1) is 12.0 Å². The number of carbonyl (C=O) groups excluding carboxylic acids is 1. The smallest absolute Gasteiger partial charge is 0.241 e. The van der Waals surface area contributed by atoms with Crippen molar-refractivity contribution in [1.29, 1.82) is 0 Å². The summed E-state index contributed by atoms with van der Waals surface area (Å²) in [6, 6.07) is 21.3. The summed E-state index contributed by atoms with van der Waals surface area (Å²) < 4.78 is 33.6. The lowest BCUT2D eigenvalue weighted by molar-refractivity contribution is -0.122. The average Bonchev–Trinajstić information content (AvgIpc) is 2.78. The molecule has 8 heteroatoms. The first-order valence-electron chi connectivity index (χ1n) is 9.60. The van der Waals surface area contributed by atoms with Gasteiger partial charge in [0.1, 0.15) is 11.8 Å². The van der Waals surface area contributed by atoms with Crippen LogP contribution in [-0.4, -0.2) is 27.5 Å². The van der Waals surface area contributed by atoms with Gasteiger partial charge < -0.3 is 10.1 Å². The minimum atomic E-state index is -3.93. The van der Waals surface area contributed by atoms with Crippen molar-refractivity contribution in [3.8, 4) is 5.75 Å². The molecule has 0 aliphatic carbocycles. The highest BCUT2D eigenvalue weighted by molar-refractivity contribution is 7.89. The van der Waals surface area contributed by atoms with Crippen LogP contribution in [0, 0.1) is 0 Å². The Morgan fingerprint density at radius 1 is 0.968 bits per heavy atom. The standard InChI is InChI=1S/C23H23ClN2O4S/c1-30-22-10-6-5-9-18(22)16-25-23(27)21(15-17-7-3-2-4-8-17)26-31(28,29)20-13-11-19(24)12-14-20/h2-14,21,26H,15-16H2,1H3,(H,25,27)/t21-/m0/s1. The van der Waals surface area contributed by atoms with E-state index in [2.05, 4.69) is 10.0 Å². The van der Waals surface area contributed by atoms with E-state index in [9.17, 15) is 13.2 Å². The molecule has 0 saturated carbocycles. The number of halogens is 1. The van der Waals surface area contributed by atoms with Gasteiger partial charge in [0.15, 0.2) is 0 Å². The molecule has 0 aliphatic heterocycles. The first-order chi connectivity index (χ1) is 14.9. The number of nitrogens with one attached hydrogen (secondary N) is 2. The number of carbonyl (C=O) groups is 1. The predicted molar refractivity (Wildman–Crippen MR) is 121 cm³/mol. The van der Waals surface area contributed by atoms with Crippen molar-refractivity contribution in [3.63, 3.8) is 0 Å². The molecule has 0 aromatic heterocycles. The van der Waals surface area contributed by atoms with E-state index in [0.29, 0.717) is 10.8 Å². The molecule has 31 heavy (non-hydrogen) atoms. The third-order valence-electron chi connectivity index (χ3n) is 4.67. The van der Waals surface area contributed by atoms with E-state index in [0.717, 1.165) is 11.1 Å². The third kappa shape index (κ3) is 6.30. The average molecular weight is 459 g/mol. The topological polar surface area (TPSA) is 84.5 Å². The largest absolute Gasteiger partial charge is 0.496 e. The monoisotopic (exact) mass is 458 g/mol. The lowest BCUT2D eigenvalue weighted by Gasteiger charge is -2.19. The fourth-order valence-corrected chi connectivity index (χ4v) is 4.38. The lowest BCUT2D eigenvalue weighted by atomic mass is 10.1. The maximum Gasteiger partial charge on any atom is 0.241 e. The zero-order valence-electron chi connectivity index (χ0n) is 16.9. The van der Waals surface area contributed by atoms with Gasteiger partial charge in [0.2, 0.25) is 15.9 Å². The number of sulfonamides is 1. The van der Waals surface area contributed by atoms with Crippen LogP contribution in [0.1, 0.15) is 11.1 Å². The summed E-state index contributed by atoms with van der Waals surface area (Å²) in [5, 5.41) is 3.24. The van der Waals surface area contributed by atoms with Crippen LogP contribution in [-0.2, 0) is 27.8 Å². The zero-order valence-corrected chi connectivity index (χ0v) is 18.5. The van der Waals surface area contributed by atoms with Gasteiger partial charge in [0, 0.05) is 17.1 Å². The number of para-hydroxylation sites is 1. The summed E-state index contributed by atoms with van der Waals surface area (Å²) in [7, 11) is -2.38. The van der Waals surface area contributed by atoms with Gasteiger partial charge in [-0.15, -0.1) is 0 Å². The van der Waals surface area contributed by atoms with Gasteiger partial charge in [-0.25, -0.2) is 8.42 Å². The normalized spacial score (nSPS) is 12.2. The molecule has 0 aliphatic rings. The third-order valence-corrected chi connectivity index (χ3v) is 6.41. The number of hydrogen-bond acceptors (Lipinski definition) is 4. The van der Waals surface area contributed by atoms with E-state index >= 15 is 0 Å². The maximum absolute atomic E-state index is 13.0. The summed E-state index contributed by atoms with van der Waals surface area (Å²) in [5.74, 6) is 0.205. The molecule has 1 atom stereocenters. The van der Waals surface area contributed by atoms with Crippen LogP contribution in [0.3, 0.4) is 0 Å². The number of benzene rings is 3. The summed E-state index contributed by atoms with van der Waals surface area (Å²) in [6.07, 6.45) is 0.200. The molecule has 0 radical (unpaired) electrons. The van der Waals surface area contributed by atoms with E-state index in [4.69, 9.17) is 16.3 Å². The van der Waals surface area contributed by atoms with E-state index in [1.165, 1.54) is 24.3 Å². The molecule has 6 nitrogen and oxygen atoms in total. The summed E-state index contributed by atoms with van der Waals surface area (Å²) in [6.45, 7) is 0.205. The van der Waals surface area contributed by atoms with Gasteiger partial charge >= 0.3 is 0 Å². The highest BCUT2D eigenvalue weighted by Crippen LogP contribution is 2.18. The SMILES string of the molecule is COc1ccccc1CNC(=O)[C@H](Cc1ccccc1)NS(=O)(=O)c1ccc(Cl)cc1. The Morgan fingerprint density at radius 3 is 2.29 bits per heavy atom. The Labute approximate surface area is 187 Å². The zero-order chi connectivity index (χ0) is 22.3. The molecule has 3 rings (SSSR count). The molecule has 0 unspecified atom stereocenters. The second-order valence-electron chi connectivity index (χ2n) is 6.85. The van der Waals surface area contributed by atoms with Crippen molar-refractivity contribution in [2.75, 3.05) is 7.11 Å². The van der Waals surface area contributed by atoms with E-state index in [-0.39, 0.29) is 17.9 Å². The van der Waals surface area contributed by atoms with Gasteiger partial charge in [-0.05, 0) is 42.3 Å². The quantitative estimate of drug-likeness (QED) is 0.513. The molecule has 3 aromatic carbocycles. The van der Waals surface area contributed by atoms with Gasteiger partial charge in [0.25, 0.3) is 0 Å². The van der Waals surface area contributed by atoms with E-state index in [1.807, 2.05) is 48.5 Å². The predicted octanol–water partition coefficient (Wildman–Crippen LogP) is 3.55. The highest BCUT2D eigenvalue weighted by Gasteiger charge is 2.26. The number of rotatable bonds is 9. The minimum absolute atomic E-state index is 0.0347. The van der Waals surface area contributed by atoms with Crippen LogP contribution < -0.4 is 14.8 Å². The summed E-state index contributed by atoms with van der Waals surface area (Å²) in [5.41, 5.74) is 1.62.